The standard InChI is InChI=1S/C31H36N4O3/c1-21(2)34-17-7-8-22(19-34)20-35-30(26-9-5-6-10-29(26)38-4)33-28-16-13-24(18-27(28)31(35)36)32-23-11-14-25(37-3)15-12-23/h5-6,9-16,18,21-22,32H,7-8,17,19-20H2,1-4H3. The van der Waals surface area contributed by atoms with Crippen molar-refractivity contribution in [1.82, 2.24) is 14.5 Å². The van der Waals surface area contributed by atoms with E-state index in [0.29, 0.717) is 41.0 Å². The van der Waals surface area contributed by atoms with E-state index in [9.17, 15) is 4.79 Å². The highest BCUT2D eigenvalue weighted by atomic mass is 16.5. The Hall–Kier alpha value is -3.84. The van der Waals surface area contributed by atoms with Crippen molar-refractivity contribution in [2.75, 3.05) is 32.6 Å². The Morgan fingerprint density at radius 3 is 2.50 bits per heavy atom. The molecule has 1 saturated heterocycles. The van der Waals surface area contributed by atoms with Gasteiger partial charge in [-0.1, -0.05) is 12.1 Å². The molecule has 0 aliphatic carbocycles. The minimum absolute atomic E-state index is 0.0315. The largest absolute Gasteiger partial charge is 0.497 e. The number of benzene rings is 3. The van der Waals surface area contributed by atoms with E-state index < -0.39 is 0 Å². The normalized spacial score (nSPS) is 16.1. The zero-order chi connectivity index (χ0) is 26.6. The number of hydrogen-bond donors (Lipinski definition) is 1. The highest BCUT2D eigenvalue weighted by Crippen LogP contribution is 2.31. The Morgan fingerprint density at radius 2 is 1.76 bits per heavy atom. The lowest BCUT2D eigenvalue weighted by Gasteiger charge is -2.36. The van der Waals surface area contributed by atoms with Crippen LogP contribution in [0.2, 0.25) is 0 Å². The maximum atomic E-state index is 14.1. The molecular formula is C31H36N4O3. The molecule has 1 aromatic heterocycles. The summed E-state index contributed by atoms with van der Waals surface area (Å²) in [5.74, 6) is 2.52. The topological polar surface area (TPSA) is 68.6 Å². The Balaban J connectivity index is 1.58. The van der Waals surface area contributed by atoms with Gasteiger partial charge in [-0.15, -0.1) is 0 Å². The fraction of sp³-hybridized carbons (Fsp3) is 0.355. The van der Waals surface area contributed by atoms with Gasteiger partial charge in [-0.3, -0.25) is 9.36 Å². The summed E-state index contributed by atoms with van der Waals surface area (Å²) in [7, 11) is 3.30. The van der Waals surface area contributed by atoms with Crippen molar-refractivity contribution < 1.29 is 9.47 Å². The van der Waals surface area contributed by atoms with Gasteiger partial charge in [-0.05, 0) is 93.7 Å². The molecule has 1 fully saturated rings. The second-order valence-electron chi connectivity index (χ2n) is 10.2. The van der Waals surface area contributed by atoms with Crippen LogP contribution in [0.3, 0.4) is 0 Å². The number of piperidine rings is 1. The van der Waals surface area contributed by atoms with E-state index in [0.717, 1.165) is 48.6 Å². The van der Waals surface area contributed by atoms with Gasteiger partial charge in [-0.2, -0.15) is 0 Å². The average Bonchev–Trinajstić information content (AvgIpc) is 2.95. The van der Waals surface area contributed by atoms with Gasteiger partial charge in [0.15, 0.2) is 0 Å². The SMILES string of the molecule is COc1ccc(Nc2ccc3nc(-c4ccccc4OC)n(CC4CCCN(C(C)C)C4)c(=O)c3c2)cc1. The number of nitrogens with zero attached hydrogens (tertiary/aromatic N) is 3. The minimum Gasteiger partial charge on any atom is -0.497 e. The number of likely N-dealkylation sites (tertiary alicyclic amines) is 1. The van der Waals surface area contributed by atoms with Crippen molar-refractivity contribution in [2.45, 2.75) is 39.3 Å². The van der Waals surface area contributed by atoms with E-state index >= 15 is 0 Å². The van der Waals surface area contributed by atoms with Crippen molar-refractivity contribution >= 4 is 22.3 Å². The molecule has 3 aromatic carbocycles. The lowest BCUT2D eigenvalue weighted by Crippen LogP contribution is -2.42. The quantitative estimate of drug-likeness (QED) is 0.315. The smallest absolute Gasteiger partial charge is 0.261 e. The number of rotatable bonds is 8. The Labute approximate surface area is 224 Å². The fourth-order valence-corrected chi connectivity index (χ4v) is 5.32. The van der Waals surface area contributed by atoms with Crippen molar-refractivity contribution in [3.63, 3.8) is 0 Å². The molecule has 1 N–H and O–H groups in total. The van der Waals surface area contributed by atoms with E-state index in [4.69, 9.17) is 14.5 Å². The van der Waals surface area contributed by atoms with Crippen molar-refractivity contribution in [3.8, 4) is 22.9 Å². The molecule has 1 aliphatic rings. The molecule has 5 rings (SSSR count). The molecule has 1 aliphatic heterocycles. The van der Waals surface area contributed by atoms with Crippen LogP contribution in [0.5, 0.6) is 11.5 Å². The number of methoxy groups -OCH3 is 2. The van der Waals surface area contributed by atoms with Crippen molar-refractivity contribution in [3.05, 3.63) is 77.1 Å². The number of anilines is 2. The highest BCUT2D eigenvalue weighted by Gasteiger charge is 2.25. The van der Waals surface area contributed by atoms with Crippen LogP contribution in [-0.4, -0.2) is 47.8 Å². The summed E-state index contributed by atoms with van der Waals surface area (Å²) in [6.45, 7) is 7.19. The molecule has 1 atom stereocenters. The van der Waals surface area contributed by atoms with Crippen LogP contribution in [0.15, 0.2) is 71.5 Å². The summed E-state index contributed by atoms with van der Waals surface area (Å²) in [5.41, 5.74) is 3.21. The summed E-state index contributed by atoms with van der Waals surface area (Å²) in [6.07, 6.45) is 2.23. The number of hydrogen-bond acceptors (Lipinski definition) is 6. The zero-order valence-corrected chi connectivity index (χ0v) is 22.6. The Morgan fingerprint density at radius 1 is 1.00 bits per heavy atom. The number of para-hydroxylation sites is 1. The lowest BCUT2D eigenvalue weighted by molar-refractivity contribution is 0.130. The van der Waals surface area contributed by atoms with Gasteiger partial charge in [0.25, 0.3) is 5.56 Å². The van der Waals surface area contributed by atoms with Crippen LogP contribution in [0.1, 0.15) is 26.7 Å². The molecule has 7 heteroatoms. The molecule has 0 bridgehead atoms. The van der Waals surface area contributed by atoms with Gasteiger partial charge in [0.05, 0.1) is 30.7 Å². The molecule has 2 heterocycles. The predicted octanol–water partition coefficient (Wildman–Crippen LogP) is 5.94. The van der Waals surface area contributed by atoms with E-state index in [1.807, 2.05) is 71.3 Å². The van der Waals surface area contributed by atoms with Crippen LogP contribution in [-0.2, 0) is 6.54 Å². The maximum absolute atomic E-state index is 14.1. The van der Waals surface area contributed by atoms with E-state index in [-0.39, 0.29) is 5.56 Å². The molecule has 4 aromatic rings. The number of aromatic nitrogens is 2. The van der Waals surface area contributed by atoms with E-state index in [2.05, 4.69) is 24.1 Å². The second-order valence-corrected chi connectivity index (χ2v) is 10.2. The third-order valence-electron chi connectivity index (χ3n) is 7.40. The second kappa shape index (κ2) is 11.3. The van der Waals surface area contributed by atoms with Gasteiger partial charge >= 0.3 is 0 Å². The fourth-order valence-electron chi connectivity index (χ4n) is 5.32. The van der Waals surface area contributed by atoms with Crippen molar-refractivity contribution in [2.24, 2.45) is 5.92 Å². The van der Waals surface area contributed by atoms with Crippen LogP contribution < -0.4 is 20.3 Å². The summed E-state index contributed by atoms with van der Waals surface area (Å²) in [4.78, 5) is 21.7. The first-order chi connectivity index (χ1) is 18.5. The summed E-state index contributed by atoms with van der Waals surface area (Å²) in [6, 6.07) is 21.8. The molecule has 7 nitrogen and oxygen atoms in total. The van der Waals surface area contributed by atoms with Crippen LogP contribution in [0.25, 0.3) is 22.3 Å². The molecule has 38 heavy (non-hydrogen) atoms. The molecule has 1 unspecified atom stereocenters. The van der Waals surface area contributed by atoms with Gasteiger partial charge < -0.3 is 19.7 Å². The lowest BCUT2D eigenvalue weighted by atomic mass is 9.96. The third kappa shape index (κ3) is 5.38. The monoisotopic (exact) mass is 512 g/mol. The van der Waals surface area contributed by atoms with E-state index in [1.54, 1.807) is 14.2 Å². The predicted molar refractivity (Wildman–Crippen MR) is 154 cm³/mol. The highest BCUT2D eigenvalue weighted by molar-refractivity contribution is 5.84. The zero-order valence-electron chi connectivity index (χ0n) is 22.6. The molecule has 0 amide bonds. The third-order valence-corrected chi connectivity index (χ3v) is 7.40. The first-order valence-corrected chi connectivity index (χ1v) is 13.3. The van der Waals surface area contributed by atoms with E-state index in [1.165, 1.54) is 0 Å². The molecular weight excluding hydrogens is 476 g/mol. The van der Waals surface area contributed by atoms with Crippen LogP contribution in [0.4, 0.5) is 11.4 Å². The number of nitrogens with one attached hydrogen (secondary N) is 1. The first kappa shape index (κ1) is 25.8. The summed E-state index contributed by atoms with van der Waals surface area (Å²) >= 11 is 0. The van der Waals surface area contributed by atoms with Gasteiger partial charge in [-0.25, -0.2) is 4.98 Å². The maximum Gasteiger partial charge on any atom is 0.261 e. The number of fused-ring (bicyclic) bond motifs is 1. The molecule has 0 spiro atoms. The summed E-state index contributed by atoms with van der Waals surface area (Å²) < 4.78 is 12.8. The Kier molecular flexibility index (Phi) is 7.65. The molecule has 0 radical (unpaired) electrons. The summed E-state index contributed by atoms with van der Waals surface area (Å²) in [5, 5.41) is 4.00. The minimum atomic E-state index is -0.0315. The number of ether oxygens (including phenoxy) is 2. The molecule has 198 valence electrons. The van der Waals surface area contributed by atoms with Gasteiger partial charge in [0, 0.05) is 30.5 Å². The first-order valence-electron chi connectivity index (χ1n) is 13.3. The van der Waals surface area contributed by atoms with Crippen molar-refractivity contribution in [1.29, 1.82) is 0 Å². The molecule has 0 saturated carbocycles. The van der Waals surface area contributed by atoms with Gasteiger partial charge in [0.2, 0.25) is 0 Å². The Bertz CT molecular complexity index is 1460. The van der Waals surface area contributed by atoms with Gasteiger partial charge in [0.1, 0.15) is 17.3 Å². The van der Waals surface area contributed by atoms with Crippen LogP contribution >= 0.6 is 0 Å². The van der Waals surface area contributed by atoms with Crippen LogP contribution in [0, 0.1) is 5.92 Å². The average molecular weight is 513 g/mol.